The average molecular weight is 528 g/mol. The van der Waals surface area contributed by atoms with Crippen molar-refractivity contribution in [2.45, 2.75) is 32.9 Å². The van der Waals surface area contributed by atoms with Crippen LogP contribution < -0.4 is 10.2 Å². The van der Waals surface area contributed by atoms with Crippen LogP contribution in [0.3, 0.4) is 0 Å². The molecule has 1 fully saturated rings. The molecular weight excluding hydrogens is 497 g/mol. The molecule has 1 saturated heterocycles. The van der Waals surface area contributed by atoms with Crippen LogP contribution in [0.25, 0.3) is 11.1 Å². The molecular formula is C29H30FN7O2. The predicted molar refractivity (Wildman–Crippen MR) is 148 cm³/mol. The third-order valence-corrected chi connectivity index (χ3v) is 6.36. The van der Waals surface area contributed by atoms with Gasteiger partial charge in [0.25, 0.3) is 5.95 Å². The van der Waals surface area contributed by atoms with Crippen molar-refractivity contribution in [1.29, 1.82) is 0 Å². The first kappa shape index (κ1) is 26.2. The van der Waals surface area contributed by atoms with E-state index in [2.05, 4.69) is 25.5 Å². The number of pyridine rings is 1. The molecule has 5 rings (SSSR count). The highest BCUT2D eigenvalue weighted by molar-refractivity contribution is 5.69. The van der Waals surface area contributed by atoms with E-state index in [-0.39, 0.29) is 30.2 Å². The Labute approximate surface area is 226 Å². The van der Waals surface area contributed by atoms with Crippen LogP contribution in [-0.2, 0) is 17.7 Å². The number of phenolic OH excluding ortho intramolecular Hbond substituents is 1. The van der Waals surface area contributed by atoms with E-state index in [4.69, 9.17) is 9.72 Å². The molecule has 0 amide bonds. The number of nitrogens with one attached hydrogen (secondary N) is 1. The summed E-state index contributed by atoms with van der Waals surface area (Å²) in [6, 6.07) is 19.1. The first-order valence-corrected chi connectivity index (χ1v) is 12.9. The van der Waals surface area contributed by atoms with Crippen LogP contribution in [-0.4, -0.2) is 45.9 Å². The van der Waals surface area contributed by atoms with Crippen LogP contribution in [0.2, 0.25) is 0 Å². The molecule has 1 aliphatic heterocycles. The van der Waals surface area contributed by atoms with Crippen LogP contribution in [0.1, 0.15) is 25.2 Å². The van der Waals surface area contributed by atoms with Crippen LogP contribution in [0.15, 0.2) is 77.1 Å². The molecule has 2 aromatic heterocycles. The summed E-state index contributed by atoms with van der Waals surface area (Å²) in [5.41, 5.74) is 5.47. The van der Waals surface area contributed by atoms with Gasteiger partial charge in [-0.15, -0.1) is 5.11 Å². The minimum Gasteiger partial charge on any atom is -0.508 e. The summed E-state index contributed by atoms with van der Waals surface area (Å²) in [5, 5.41) is 21.5. The molecule has 2 N–H and O–H groups in total. The first-order chi connectivity index (χ1) is 19.0. The van der Waals surface area contributed by atoms with Crippen molar-refractivity contribution in [3.8, 4) is 16.9 Å². The van der Waals surface area contributed by atoms with Crippen molar-refractivity contribution >= 4 is 23.1 Å². The smallest absolute Gasteiger partial charge is 0.270 e. The van der Waals surface area contributed by atoms with Crippen molar-refractivity contribution in [2.24, 2.45) is 10.2 Å². The standard InChI is InChI=1S/C29H30FN7O2/c1-3-26-27(33-22-9-7-20(8-10-22)21-5-4-6-24(38)15-21)12-11-23(34-26)16-32-36-29-31-17-25(30)28(35-29)37-13-14-39-19(2)18-37/h4-12,15,17,19,33,38H,3,13-14,16,18H2,1-2H3. The zero-order valence-corrected chi connectivity index (χ0v) is 21.9. The fraction of sp³-hybridized carbons (Fsp3) is 0.276. The lowest BCUT2D eigenvalue weighted by Gasteiger charge is -2.31. The van der Waals surface area contributed by atoms with Gasteiger partial charge < -0.3 is 20.1 Å². The quantitative estimate of drug-likeness (QED) is 0.263. The van der Waals surface area contributed by atoms with E-state index in [0.717, 1.165) is 46.5 Å². The second-order valence-corrected chi connectivity index (χ2v) is 9.27. The number of nitrogens with zero attached hydrogens (tertiary/aromatic N) is 6. The summed E-state index contributed by atoms with van der Waals surface area (Å²) in [6.45, 7) is 5.86. The van der Waals surface area contributed by atoms with E-state index < -0.39 is 5.82 Å². The number of azo groups is 1. The first-order valence-electron chi connectivity index (χ1n) is 12.9. The molecule has 1 unspecified atom stereocenters. The molecule has 10 heteroatoms. The van der Waals surface area contributed by atoms with Gasteiger partial charge in [-0.2, -0.15) is 10.1 Å². The molecule has 2 aromatic carbocycles. The number of phenols is 1. The van der Waals surface area contributed by atoms with Crippen LogP contribution >= 0.6 is 0 Å². The molecule has 0 saturated carbocycles. The normalized spacial score (nSPS) is 15.6. The fourth-order valence-electron chi connectivity index (χ4n) is 4.41. The third-order valence-electron chi connectivity index (χ3n) is 6.36. The zero-order chi connectivity index (χ0) is 27.2. The molecule has 0 radical (unpaired) electrons. The maximum Gasteiger partial charge on any atom is 0.270 e. The van der Waals surface area contributed by atoms with E-state index in [0.29, 0.717) is 19.7 Å². The highest BCUT2D eigenvalue weighted by atomic mass is 19.1. The number of aromatic hydroxyl groups is 1. The third kappa shape index (κ3) is 6.53. The summed E-state index contributed by atoms with van der Waals surface area (Å²) in [6.07, 6.45) is 1.86. The number of aromatic nitrogens is 3. The minimum atomic E-state index is -0.491. The Hall–Kier alpha value is -4.44. The van der Waals surface area contributed by atoms with E-state index >= 15 is 0 Å². The van der Waals surface area contributed by atoms with Gasteiger partial charge in [-0.1, -0.05) is 31.2 Å². The topological polar surface area (TPSA) is 108 Å². The number of halogens is 1. The molecule has 0 aliphatic carbocycles. The van der Waals surface area contributed by atoms with E-state index in [1.807, 2.05) is 67.3 Å². The summed E-state index contributed by atoms with van der Waals surface area (Å²) < 4.78 is 19.9. The Bertz CT molecular complexity index is 1460. The summed E-state index contributed by atoms with van der Waals surface area (Å²) in [4.78, 5) is 14.8. The number of anilines is 3. The van der Waals surface area contributed by atoms with Gasteiger partial charge >= 0.3 is 0 Å². The zero-order valence-electron chi connectivity index (χ0n) is 21.9. The molecule has 0 spiro atoms. The summed E-state index contributed by atoms with van der Waals surface area (Å²) in [7, 11) is 0. The lowest BCUT2D eigenvalue weighted by atomic mass is 10.1. The van der Waals surface area contributed by atoms with Crippen LogP contribution in [0.5, 0.6) is 5.75 Å². The summed E-state index contributed by atoms with van der Waals surface area (Å²) in [5.74, 6) is 0.0690. The SMILES string of the molecule is CCc1nc(CN=Nc2ncc(F)c(N3CCOC(C)C3)n2)ccc1Nc1ccc(-c2cccc(O)c2)cc1. The predicted octanol–water partition coefficient (Wildman–Crippen LogP) is 6.20. The number of hydrogen-bond donors (Lipinski definition) is 2. The monoisotopic (exact) mass is 527 g/mol. The number of morpholine rings is 1. The van der Waals surface area contributed by atoms with Crippen LogP contribution in [0.4, 0.5) is 27.5 Å². The van der Waals surface area contributed by atoms with Crippen molar-refractivity contribution in [3.63, 3.8) is 0 Å². The maximum absolute atomic E-state index is 14.4. The van der Waals surface area contributed by atoms with Gasteiger partial charge in [0.2, 0.25) is 0 Å². The van der Waals surface area contributed by atoms with Gasteiger partial charge in [0, 0.05) is 18.8 Å². The average Bonchev–Trinajstić information content (AvgIpc) is 2.95. The number of hydrogen-bond acceptors (Lipinski definition) is 9. The molecule has 200 valence electrons. The Morgan fingerprint density at radius 1 is 1.10 bits per heavy atom. The lowest BCUT2D eigenvalue weighted by molar-refractivity contribution is 0.0527. The van der Waals surface area contributed by atoms with Crippen molar-refractivity contribution in [2.75, 3.05) is 29.9 Å². The van der Waals surface area contributed by atoms with Crippen molar-refractivity contribution < 1.29 is 14.2 Å². The van der Waals surface area contributed by atoms with Gasteiger partial charge in [-0.3, -0.25) is 4.98 Å². The molecule has 0 bridgehead atoms. The molecule has 1 atom stereocenters. The van der Waals surface area contributed by atoms with Gasteiger partial charge in [-0.05, 0) is 60.9 Å². The molecule has 39 heavy (non-hydrogen) atoms. The maximum atomic E-state index is 14.4. The van der Waals surface area contributed by atoms with Gasteiger partial charge in [0.15, 0.2) is 11.6 Å². The molecule has 1 aliphatic rings. The Balaban J connectivity index is 1.24. The fourth-order valence-corrected chi connectivity index (χ4v) is 4.41. The molecule has 3 heterocycles. The van der Waals surface area contributed by atoms with Gasteiger partial charge in [0.1, 0.15) is 12.3 Å². The largest absolute Gasteiger partial charge is 0.508 e. The lowest BCUT2D eigenvalue weighted by Crippen LogP contribution is -2.42. The number of benzene rings is 2. The molecule has 9 nitrogen and oxygen atoms in total. The minimum absolute atomic E-state index is 0.00135. The van der Waals surface area contributed by atoms with Crippen LogP contribution in [0, 0.1) is 5.82 Å². The second kappa shape index (κ2) is 12.0. The molecule has 4 aromatic rings. The van der Waals surface area contributed by atoms with Gasteiger partial charge in [0.05, 0.1) is 36.0 Å². The summed E-state index contributed by atoms with van der Waals surface area (Å²) >= 11 is 0. The Kier molecular flexibility index (Phi) is 8.02. The number of ether oxygens (including phenoxy) is 1. The highest BCUT2D eigenvalue weighted by Crippen LogP contribution is 2.27. The number of rotatable bonds is 8. The van der Waals surface area contributed by atoms with Gasteiger partial charge in [-0.25, -0.2) is 9.37 Å². The number of aryl methyl sites for hydroxylation is 1. The highest BCUT2D eigenvalue weighted by Gasteiger charge is 2.21. The van der Waals surface area contributed by atoms with E-state index in [9.17, 15) is 9.50 Å². The Morgan fingerprint density at radius 2 is 1.95 bits per heavy atom. The Morgan fingerprint density at radius 3 is 2.72 bits per heavy atom. The second-order valence-electron chi connectivity index (χ2n) is 9.27. The van der Waals surface area contributed by atoms with E-state index in [1.54, 1.807) is 12.1 Å². The van der Waals surface area contributed by atoms with E-state index in [1.165, 1.54) is 0 Å². The van der Waals surface area contributed by atoms with Crippen molar-refractivity contribution in [1.82, 2.24) is 15.0 Å². The van der Waals surface area contributed by atoms with Crippen molar-refractivity contribution in [3.05, 3.63) is 84.1 Å².